The molecule has 0 amide bonds. The van der Waals surface area contributed by atoms with Crippen LogP contribution in [0, 0.1) is 0 Å². The molecule has 0 saturated carbocycles. The molecule has 18 heavy (non-hydrogen) atoms. The molecule has 100 valence electrons. The summed E-state index contributed by atoms with van der Waals surface area (Å²) in [6, 6.07) is 6.43. The van der Waals surface area contributed by atoms with Gasteiger partial charge in [-0.05, 0) is 43.7 Å². The average Bonchev–Trinajstić information content (AvgIpc) is 2.38. The minimum atomic E-state index is 0.599. The Kier molecular flexibility index (Phi) is 4.87. The number of benzene rings is 1. The molecule has 1 aliphatic heterocycles. The van der Waals surface area contributed by atoms with E-state index >= 15 is 0 Å². The maximum absolute atomic E-state index is 6.05. The van der Waals surface area contributed by atoms with Gasteiger partial charge in [0.05, 0.1) is 7.11 Å². The van der Waals surface area contributed by atoms with Gasteiger partial charge >= 0.3 is 0 Å². The molecule has 0 aliphatic carbocycles. The highest BCUT2D eigenvalue weighted by Gasteiger charge is 2.18. The molecular weight excluding hydrogens is 248 g/mol. The number of aryl methyl sites for hydroxylation is 1. The Morgan fingerprint density at radius 3 is 3.06 bits per heavy atom. The van der Waals surface area contributed by atoms with Crippen LogP contribution < -0.4 is 10.1 Å². The van der Waals surface area contributed by atoms with Crippen molar-refractivity contribution in [3.63, 3.8) is 0 Å². The summed E-state index contributed by atoms with van der Waals surface area (Å²) in [6.07, 6.45) is 2.13. The van der Waals surface area contributed by atoms with E-state index in [1.807, 2.05) is 18.2 Å². The molecule has 2 rings (SSSR count). The molecule has 1 N–H and O–H groups in total. The first-order valence-corrected chi connectivity index (χ1v) is 6.82. The van der Waals surface area contributed by atoms with Gasteiger partial charge in [0.1, 0.15) is 5.75 Å². The van der Waals surface area contributed by atoms with Gasteiger partial charge in [-0.2, -0.15) is 0 Å². The van der Waals surface area contributed by atoms with E-state index in [9.17, 15) is 0 Å². The number of hydrogen-bond donors (Lipinski definition) is 1. The second-order valence-electron chi connectivity index (χ2n) is 4.83. The van der Waals surface area contributed by atoms with Crippen molar-refractivity contribution in [2.24, 2.45) is 0 Å². The number of likely N-dealkylation sites (N-methyl/N-ethyl adjacent to an activating group) is 1. The average molecular weight is 269 g/mol. The molecular formula is C14H21ClN2O. The van der Waals surface area contributed by atoms with E-state index < -0.39 is 0 Å². The fourth-order valence-corrected chi connectivity index (χ4v) is 2.64. The molecule has 1 aliphatic rings. The standard InChI is InChI=1S/C14H21ClN2O/c1-17-8-7-16-10-13(17)5-3-11-9-12(15)4-6-14(11)18-2/h4,6,9,13,16H,3,5,7-8,10H2,1-2H3. The van der Waals surface area contributed by atoms with Crippen molar-refractivity contribution in [3.05, 3.63) is 28.8 Å². The molecule has 4 heteroatoms. The van der Waals surface area contributed by atoms with Gasteiger partial charge in [0, 0.05) is 30.7 Å². The SMILES string of the molecule is COc1ccc(Cl)cc1CCC1CNCCN1C. The molecule has 1 fully saturated rings. The van der Waals surface area contributed by atoms with E-state index in [-0.39, 0.29) is 0 Å². The summed E-state index contributed by atoms with van der Waals surface area (Å²) in [5.74, 6) is 0.936. The van der Waals surface area contributed by atoms with Crippen LogP contribution in [0.2, 0.25) is 5.02 Å². The van der Waals surface area contributed by atoms with Crippen LogP contribution in [0.4, 0.5) is 0 Å². The number of nitrogens with one attached hydrogen (secondary N) is 1. The number of ether oxygens (including phenoxy) is 1. The van der Waals surface area contributed by atoms with Crippen LogP contribution in [0.15, 0.2) is 18.2 Å². The summed E-state index contributed by atoms with van der Waals surface area (Å²) >= 11 is 6.05. The summed E-state index contributed by atoms with van der Waals surface area (Å²) in [5.41, 5.74) is 1.20. The van der Waals surface area contributed by atoms with Crippen molar-refractivity contribution >= 4 is 11.6 Å². The maximum atomic E-state index is 6.05. The number of rotatable bonds is 4. The van der Waals surface area contributed by atoms with Crippen LogP contribution in [-0.2, 0) is 6.42 Å². The Balaban J connectivity index is 1.98. The summed E-state index contributed by atoms with van der Waals surface area (Å²) in [7, 11) is 3.90. The van der Waals surface area contributed by atoms with E-state index in [1.165, 1.54) is 5.56 Å². The molecule has 1 unspecified atom stereocenters. The van der Waals surface area contributed by atoms with Gasteiger partial charge < -0.3 is 15.0 Å². The van der Waals surface area contributed by atoms with Crippen molar-refractivity contribution in [2.75, 3.05) is 33.8 Å². The first kappa shape index (κ1) is 13.7. The van der Waals surface area contributed by atoms with Crippen LogP contribution in [-0.4, -0.2) is 44.7 Å². The zero-order chi connectivity index (χ0) is 13.0. The molecule has 0 spiro atoms. The fourth-order valence-electron chi connectivity index (χ4n) is 2.45. The lowest BCUT2D eigenvalue weighted by Crippen LogP contribution is -2.49. The highest BCUT2D eigenvalue weighted by molar-refractivity contribution is 6.30. The Morgan fingerprint density at radius 1 is 1.50 bits per heavy atom. The van der Waals surface area contributed by atoms with E-state index in [1.54, 1.807) is 7.11 Å². The van der Waals surface area contributed by atoms with Gasteiger partial charge in [-0.1, -0.05) is 11.6 Å². The number of halogens is 1. The first-order valence-electron chi connectivity index (χ1n) is 6.44. The Bertz CT molecular complexity index is 397. The van der Waals surface area contributed by atoms with Crippen molar-refractivity contribution < 1.29 is 4.74 Å². The quantitative estimate of drug-likeness (QED) is 0.906. The molecule has 1 saturated heterocycles. The third kappa shape index (κ3) is 3.37. The Labute approximate surface area is 114 Å². The number of nitrogens with zero attached hydrogens (tertiary/aromatic N) is 1. The first-order chi connectivity index (χ1) is 8.70. The summed E-state index contributed by atoms with van der Waals surface area (Å²) in [4.78, 5) is 2.42. The van der Waals surface area contributed by atoms with Gasteiger partial charge in [-0.25, -0.2) is 0 Å². The van der Waals surface area contributed by atoms with Gasteiger partial charge in [-0.3, -0.25) is 0 Å². The number of piperazine rings is 1. The predicted octanol–water partition coefficient (Wildman–Crippen LogP) is 2.18. The van der Waals surface area contributed by atoms with E-state index in [0.29, 0.717) is 6.04 Å². The molecule has 1 atom stereocenters. The van der Waals surface area contributed by atoms with Crippen LogP contribution in [0.25, 0.3) is 0 Å². The van der Waals surface area contributed by atoms with Crippen molar-refractivity contribution in [1.82, 2.24) is 10.2 Å². The second-order valence-corrected chi connectivity index (χ2v) is 5.27. The summed E-state index contributed by atoms with van der Waals surface area (Å²) in [5, 5.41) is 4.22. The summed E-state index contributed by atoms with van der Waals surface area (Å²) < 4.78 is 5.38. The monoisotopic (exact) mass is 268 g/mol. The third-order valence-electron chi connectivity index (χ3n) is 3.63. The molecule has 0 radical (unpaired) electrons. The van der Waals surface area contributed by atoms with Crippen LogP contribution in [0.1, 0.15) is 12.0 Å². The Hall–Kier alpha value is -0.770. The van der Waals surface area contributed by atoms with Gasteiger partial charge in [-0.15, -0.1) is 0 Å². The van der Waals surface area contributed by atoms with Crippen molar-refractivity contribution in [3.8, 4) is 5.75 Å². The molecule has 1 heterocycles. The lowest BCUT2D eigenvalue weighted by Gasteiger charge is -2.33. The highest BCUT2D eigenvalue weighted by atomic mass is 35.5. The molecule has 0 aromatic heterocycles. The maximum Gasteiger partial charge on any atom is 0.122 e. The molecule has 1 aromatic carbocycles. The highest BCUT2D eigenvalue weighted by Crippen LogP contribution is 2.24. The van der Waals surface area contributed by atoms with E-state index in [0.717, 1.165) is 43.2 Å². The minimum Gasteiger partial charge on any atom is -0.496 e. The van der Waals surface area contributed by atoms with E-state index in [2.05, 4.69) is 17.3 Å². The zero-order valence-corrected chi connectivity index (χ0v) is 11.8. The van der Waals surface area contributed by atoms with Crippen molar-refractivity contribution in [1.29, 1.82) is 0 Å². The largest absolute Gasteiger partial charge is 0.496 e. The minimum absolute atomic E-state index is 0.599. The summed E-state index contributed by atoms with van der Waals surface area (Å²) in [6.45, 7) is 3.28. The van der Waals surface area contributed by atoms with E-state index in [4.69, 9.17) is 16.3 Å². The topological polar surface area (TPSA) is 24.5 Å². The molecule has 3 nitrogen and oxygen atoms in total. The van der Waals surface area contributed by atoms with Gasteiger partial charge in [0.15, 0.2) is 0 Å². The number of hydrogen-bond acceptors (Lipinski definition) is 3. The lowest BCUT2D eigenvalue weighted by atomic mass is 10.0. The normalized spacial score (nSPS) is 20.9. The smallest absolute Gasteiger partial charge is 0.122 e. The van der Waals surface area contributed by atoms with Crippen LogP contribution in [0.3, 0.4) is 0 Å². The Morgan fingerprint density at radius 2 is 2.33 bits per heavy atom. The second kappa shape index (κ2) is 6.41. The lowest BCUT2D eigenvalue weighted by molar-refractivity contribution is 0.190. The zero-order valence-electron chi connectivity index (χ0n) is 11.1. The number of methoxy groups -OCH3 is 1. The molecule has 0 bridgehead atoms. The fraction of sp³-hybridized carbons (Fsp3) is 0.571. The van der Waals surface area contributed by atoms with Gasteiger partial charge in [0.2, 0.25) is 0 Å². The van der Waals surface area contributed by atoms with Crippen LogP contribution >= 0.6 is 11.6 Å². The molecule has 1 aromatic rings. The van der Waals surface area contributed by atoms with Gasteiger partial charge in [0.25, 0.3) is 0 Å². The third-order valence-corrected chi connectivity index (χ3v) is 3.87. The van der Waals surface area contributed by atoms with Crippen molar-refractivity contribution in [2.45, 2.75) is 18.9 Å². The van der Waals surface area contributed by atoms with Crippen LogP contribution in [0.5, 0.6) is 5.75 Å². The predicted molar refractivity (Wildman–Crippen MR) is 75.6 cm³/mol.